The van der Waals surface area contributed by atoms with E-state index in [0.29, 0.717) is 35.3 Å². The van der Waals surface area contributed by atoms with Crippen LogP contribution in [0.1, 0.15) is 59.8 Å². The first-order valence-corrected chi connectivity index (χ1v) is 9.39. The quantitative estimate of drug-likeness (QED) is 0.239. The molecule has 0 aliphatic rings. The Balaban J connectivity index is 4.79. The SMILES string of the molecule is CC(C=O)=CCCC(C)=CCC(C=C(C)CCC=C(C)C=O)=S(=O)=O. The lowest BCUT2D eigenvalue weighted by atomic mass is 10.1. The molecule has 0 spiro atoms. The first kappa shape index (κ1) is 23.0. The summed E-state index contributed by atoms with van der Waals surface area (Å²) in [6.45, 7) is 7.35. The van der Waals surface area contributed by atoms with Crippen molar-refractivity contribution in [3.05, 3.63) is 46.6 Å². The van der Waals surface area contributed by atoms with Crippen molar-refractivity contribution in [3.63, 3.8) is 0 Å². The second-order valence-electron chi connectivity index (χ2n) is 6.16. The van der Waals surface area contributed by atoms with E-state index in [4.69, 9.17) is 0 Å². The van der Waals surface area contributed by atoms with Gasteiger partial charge in [-0.25, -0.2) is 0 Å². The summed E-state index contributed by atoms with van der Waals surface area (Å²) in [7, 11) is -2.25. The van der Waals surface area contributed by atoms with Crippen molar-refractivity contribution in [3.8, 4) is 0 Å². The fourth-order valence-corrected chi connectivity index (χ4v) is 2.57. The van der Waals surface area contributed by atoms with Gasteiger partial charge in [-0.3, -0.25) is 9.59 Å². The topological polar surface area (TPSA) is 68.3 Å². The molecular formula is C20H28O4S. The van der Waals surface area contributed by atoms with E-state index in [1.807, 2.05) is 32.1 Å². The highest BCUT2D eigenvalue weighted by atomic mass is 32.2. The van der Waals surface area contributed by atoms with Crippen LogP contribution < -0.4 is 0 Å². The van der Waals surface area contributed by atoms with E-state index in [0.717, 1.165) is 36.6 Å². The molecule has 0 amide bonds. The molecule has 138 valence electrons. The Morgan fingerprint density at radius 3 is 1.68 bits per heavy atom. The molecule has 0 aromatic rings. The predicted octanol–water partition coefficient (Wildman–Crippen LogP) is 4.17. The van der Waals surface area contributed by atoms with Crippen LogP contribution in [0.15, 0.2) is 46.6 Å². The molecule has 4 nitrogen and oxygen atoms in total. The molecule has 0 atom stereocenters. The molecule has 0 N–H and O–H groups in total. The van der Waals surface area contributed by atoms with Crippen molar-refractivity contribution in [1.82, 2.24) is 0 Å². The molecule has 0 saturated heterocycles. The third-order valence-electron chi connectivity index (χ3n) is 3.65. The fraction of sp³-hybridized carbons (Fsp3) is 0.450. The standard InChI is InChI=1S/C20H28O4S/c1-16(7-5-9-18(3)14-21)11-12-20(25(23)24)13-17(2)8-6-10-19(4)15-22/h9-11,13-15H,5-8,12H2,1-4H3. The Labute approximate surface area is 152 Å². The molecular weight excluding hydrogens is 336 g/mol. The molecule has 0 saturated carbocycles. The normalized spacial score (nSPS) is 13.6. The fourth-order valence-electron chi connectivity index (χ4n) is 2.05. The number of hydrogen-bond acceptors (Lipinski definition) is 4. The van der Waals surface area contributed by atoms with E-state index in [1.54, 1.807) is 19.9 Å². The number of hydrogen-bond donors (Lipinski definition) is 0. The van der Waals surface area contributed by atoms with Gasteiger partial charge >= 0.3 is 0 Å². The molecule has 0 aromatic carbocycles. The Bertz CT molecular complexity index is 709. The summed E-state index contributed by atoms with van der Waals surface area (Å²) in [6, 6.07) is 0. The van der Waals surface area contributed by atoms with Gasteiger partial charge in [-0.15, -0.1) is 0 Å². The van der Waals surface area contributed by atoms with Crippen LogP contribution in [-0.2, 0) is 19.9 Å². The van der Waals surface area contributed by atoms with Crippen molar-refractivity contribution in [2.75, 3.05) is 0 Å². The average Bonchev–Trinajstić information content (AvgIpc) is 2.57. The van der Waals surface area contributed by atoms with Crippen molar-refractivity contribution >= 4 is 27.7 Å². The Morgan fingerprint density at radius 1 is 0.760 bits per heavy atom. The summed E-state index contributed by atoms with van der Waals surface area (Å²) in [5.41, 5.74) is 3.44. The predicted molar refractivity (Wildman–Crippen MR) is 104 cm³/mol. The average molecular weight is 365 g/mol. The maximum absolute atomic E-state index is 11.4. The van der Waals surface area contributed by atoms with E-state index in [-0.39, 0.29) is 0 Å². The van der Waals surface area contributed by atoms with Crippen molar-refractivity contribution < 1.29 is 18.0 Å². The first-order chi connectivity index (χ1) is 11.8. The highest BCUT2D eigenvalue weighted by molar-refractivity contribution is 7.73. The van der Waals surface area contributed by atoms with Gasteiger partial charge in [-0.2, -0.15) is 8.42 Å². The lowest BCUT2D eigenvalue weighted by Gasteiger charge is -2.01. The van der Waals surface area contributed by atoms with Gasteiger partial charge in [0.25, 0.3) is 0 Å². The minimum absolute atomic E-state index is 0.354. The van der Waals surface area contributed by atoms with Crippen LogP contribution in [0.4, 0.5) is 0 Å². The summed E-state index contributed by atoms with van der Waals surface area (Å²) in [4.78, 5) is 21.4. The number of rotatable bonds is 11. The summed E-state index contributed by atoms with van der Waals surface area (Å²) in [5.74, 6) is 0. The second-order valence-corrected chi connectivity index (χ2v) is 7.15. The van der Waals surface area contributed by atoms with Crippen LogP contribution in [0.2, 0.25) is 0 Å². The first-order valence-electron chi connectivity index (χ1n) is 8.31. The lowest BCUT2D eigenvalue weighted by Crippen LogP contribution is -1.96. The van der Waals surface area contributed by atoms with Gasteiger partial charge in [0.2, 0.25) is 10.3 Å². The lowest BCUT2D eigenvalue weighted by molar-refractivity contribution is -0.105. The van der Waals surface area contributed by atoms with Crippen molar-refractivity contribution in [2.45, 2.75) is 59.8 Å². The third kappa shape index (κ3) is 12.1. The smallest absolute Gasteiger partial charge is 0.217 e. The van der Waals surface area contributed by atoms with Gasteiger partial charge in [-0.1, -0.05) is 29.4 Å². The minimum Gasteiger partial charge on any atom is -0.298 e. The van der Waals surface area contributed by atoms with Gasteiger partial charge in [0.15, 0.2) is 0 Å². The number of allylic oxidation sites excluding steroid dienone is 8. The summed E-state index contributed by atoms with van der Waals surface area (Å²) in [6.07, 6.45) is 12.3. The molecule has 0 bridgehead atoms. The van der Waals surface area contributed by atoms with Crippen molar-refractivity contribution in [2.24, 2.45) is 0 Å². The van der Waals surface area contributed by atoms with Crippen LogP contribution in [0.25, 0.3) is 0 Å². The van der Waals surface area contributed by atoms with Gasteiger partial charge in [0.1, 0.15) is 12.6 Å². The van der Waals surface area contributed by atoms with Crippen molar-refractivity contribution in [1.29, 1.82) is 0 Å². The molecule has 0 radical (unpaired) electrons. The molecule has 0 aromatic heterocycles. The highest BCUT2D eigenvalue weighted by Crippen LogP contribution is 2.10. The molecule has 0 aliphatic carbocycles. The zero-order valence-electron chi connectivity index (χ0n) is 15.5. The zero-order valence-corrected chi connectivity index (χ0v) is 16.4. The van der Waals surface area contributed by atoms with Gasteiger partial charge < -0.3 is 0 Å². The maximum Gasteiger partial charge on any atom is 0.217 e. The largest absolute Gasteiger partial charge is 0.298 e. The monoisotopic (exact) mass is 364 g/mol. The Hall–Kier alpha value is -2.01. The molecule has 0 aliphatic heterocycles. The third-order valence-corrected chi connectivity index (χ3v) is 4.37. The van der Waals surface area contributed by atoms with Crippen LogP contribution in [0.5, 0.6) is 0 Å². The molecule has 5 heteroatoms. The van der Waals surface area contributed by atoms with E-state index >= 15 is 0 Å². The summed E-state index contributed by atoms with van der Waals surface area (Å²) < 4.78 is 22.8. The summed E-state index contributed by atoms with van der Waals surface area (Å²) in [5, 5.41) is 0. The number of carbonyl (C=O) groups is 2. The Kier molecular flexibility index (Phi) is 12.2. The molecule has 0 heterocycles. The van der Waals surface area contributed by atoms with Gasteiger partial charge in [0.05, 0.1) is 4.86 Å². The molecule has 25 heavy (non-hydrogen) atoms. The van der Waals surface area contributed by atoms with E-state index in [1.165, 1.54) is 0 Å². The van der Waals surface area contributed by atoms with E-state index < -0.39 is 10.3 Å². The van der Waals surface area contributed by atoms with Crippen LogP contribution in [0.3, 0.4) is 0 Å². The minimum atomic E-state index is -2.25. The number of aldehydes is 2. The number of carbonyl (C=O) groups excluding carboxylic acids is 2. The van der Waals surface area contributed by atoms with E-state index in [2.05, 4.69) is 0 Å². The van der Waals surface area contributed by atoms with Crippen LogP contribution >= 0.6 is 0 Å². The zero-order chi connectivity index (χ0) is 19.2. The van der Waals surface area contributed by atoms with Gasteiger partial charge in [0, 0.05) is 6.42 Å². The van der Waals surface area contributed by atoms with Gasteiger partial charge in [-0.05, 0) is 70.6 Å². The van der Waals surface area contributed by atoms with Crippen LogP contribution in [-0.4, -0.2) is 25.9 Å². The summed E-state index contributed by atoms with van der Waals surface area (Å²) >= 11 is 0. The molecule has 0 rings (SSSR count). The molecule has 0 unspecified atom stereocenters. The second kappa shape index (κ2) is 13.3. The Morgan fingerprint density at radius 2 is 1.24 bits per heavy atom. The highest BCUT2D eigenvalue weighted by Gasteiger charge is 1.99. The van der Waals surface area contributed by atoms with E-state index in [9.17, 15) is 18.0 Å². The maximum atomic E-state index is 11.4. The van der Waals surface area contributed by atoms with Crippen LogP contribution in [0, 0.1) is 0 Å². The molecule has 0 fully saturated rings.